The lowest BCUT2D eigenvalue weighted by molar-refractivity contribution is -0.132. The van der Waals surface area contributed by atoms with Crippen molar-refractivity contribution in [3.8, 4) is 0 Å². The number of nitrogens with zero attached hydrogens (tertiary/aromatic N) is 5. The Morgan fingerprint density at radius 3 is 2.75 bits per heavy atom. The van der Waals surface area contributed by atoms with Gasteiger partial charge in [-0.1, -0.05) is 6.92 Å². The van der Waals surface area contributed by atoms with Crippen molar-refractivity contribution in [2.45, 2.75) is 51.2 Å². The fourth-order valence-corrected chi connectivity index (χ4v) is 4.50. The number of anilines is 1. The molecule has 1 N–H and O–H groups in total. The number of aryl methyl sites for hydroxylation is 1. The van der Waals surface area contributed by atoms with Crippen LogP contribution in [-0.4, -0.2) is 43.6 Å². The van der Waals surface area contributed by atoms with Gasteiger partial charge in [0.15, 0.2) is 5.13 Å². The zero-order valence-corrected chi connectivity index (χ0v) is 16.8. The average molecular weight is 402 g/mol. The summed E-state index contributed by atoms with van der Waals surface area (Å²) in [7, 11) is 1.77. The van der Waals surface area contributed by atoms with Gasteiger partial charge in [-0.3, -0.25) is 24.1 Å². The Balaban J connectivity index is 1.56. The number of carbonyl (C=O) groups is 3. The summed E-state index contributed by atoms with van der Waals surface area (Å²) < 4.78 is 1.61. The molecule has 2 aliphatic rings. The zero-order valence-electron chi connectivity index (χ0n) is 16.0. The van der Waals surface area contributed by atoms with Crippen molar-refractivity contribution in [1.29, 1.82) is 0 Å². The van der Waals surface area contributed by atoms with E-state index in [4.69, 9.17) is 0 Å². The maximum atomic E-state index is 13.2. The second kappa shape index (κ2) is 6.69. The molecule has 0 radical (unpaired) electrons. The highest BCUT2D eigenvalue weighted by atomic mass is 32.1. The molecule has 1 unspecified atom stereocenters. The van der Waals surface area contributed by atoms with Gasteiger partial charge in [0.05, 0.1) is 18.4 Å². The normalized spacial score (nSPS) is 21.9. The van der Waals surface area contributed by atoms with Crippen molar-refractivity contribution in [1.82, 2.24) is 25.0 Å². The van der Waals surface area contributed by atoms with Crippen LogP contribution in [0.3, 0.4) is 0 Å². The van der Waals surface area contributed by atoms with E-state index in [2.05, 4.69) is 15.4 Å². The van der Waals surface area contributed by atoms with Gasteiger partial charge in [0.25, 0.3) is 5.91 Å². The summed E-state index contributed by atoms with van der Waals surface area (Å²) in [5.41, 5.74) is 0.145. The van der Waals surface area contributed by atoms with Crippen molar-refractivity contribution in [2.75, 3.05) is 4.90 Å². The van der Waals surface area contributed by atoms with Gasteiger partial charge in [-0.15, -0.1) is 11.3 Å². The van der Waals surface area contributed by atoms with E-state index in [1.54, 1.807) is 34.4 Å². The number of amides is 4. The Morgan fingerprint density at radius 1 is 1.43 bits per heavy atom. The monoisotopic (exact) mass is 402 g/mol. The molecule has 148 valence electrons. The van der Waals surface area contributed by atoms with Crippen LogP contribution >= 0.6 is 11.3 Å². The first-order chi connectivity index (χ1) is 13.4. The first-order valence-electron chi connectivity index (χ1n) is 9.23. The number of urea groups is 1. The van der Waals surface area contributed by atoms with Gasteiger partial charge in [-0.25, -0.2) is 9.78 Å². The van der Waals surface area contributed by atoms with E-state index in [9.17, 15) is 14.4 Å². The van der Waals surface area contributed by atoms with Gasteiger partial charge in [-0.2, -0.15) is 5.10 Å². The average Bonchev–Trinajstić information content (AvgIpc) is 3.10. The molecule has 2 aromatic heterocycles. The molecule has 1 saturated carbocycles. The van der Waals surface area contributed by atoms with Crippen LogP contribution in [0.4, 0.5) is 9.93 Å². The molecule has 1 aliphatic carbocycles. The van der Waals surface area contributed by atoms with E-state index in [1.807, 2.05) is 6.92 Å². The van der Waals surface area contributed by atoms with E-state index in [-0.39, 0.29) is 24.4 Å². The molecule has 1 atom stereocenters. The van der Waals surface area contributed by atoms with Crippen LogP contribution in [0.15, 0.2) is 17.8 Å². The lowest BCUT2D eigenvalue weighted by Crippen LogP contribution is -2.43. The van der Waals surface area contributed by atoms with Crippen molar-refractivity contribution in [2.24, 2.45) is 7.05 Å². The molecule has 4 rings (SSSR count). The number of hydrogen-bond acceptors (Lipinski definition) is 6. The number of thiazole rings is 1. The van der Waals surface area contributed by atoms with Crippen molar-refractivity contribution < 1.29 is 14.4 Å². The molecule has 3 heterocycles. The first kappa shape index (κ1) is 18.6. The Bertz CT molecular complexity index is 949. The summed E-state index contributed by atoms with van der Waals surface area (Å²) in [6, 6.07) is -0.234. The molecule has 2 fully saturated rings. The fourth-order valence-electron chi connectivity index (χ4n) is 3.57. The molecule has 10 heteroatoms. The molecule has 2 aromatic rings. The van der Waals surface area contributed by atoms with Crippen molar-refractivity contribution in [3.63, 3.8) is 0 Å². The van der Waals surface area contributed by atoms with Gasteiger partial charge >= 0.3 is 6.03 Å². The molecule has 0 aromatic carbocycles. The van der Waals surface area contributed by atoms with E-state index in [0.29, 0.717) is 22.8 Å². The lowest BCUT2D eigenvalue weighted by atomic mass is 9.89. The maximum Gasteiger partial charge on any atom is 0.325 e. The predicted octanol–water partition coefficient (Wildman–Crippen LogP) is 1.75. The van der Waals surface area contributed by atoms with Crippen LogP contribution in [0.25, 0.3) is 0 Å². The van der Waals surface area contributed by atoms with Crippen molar-refractivity contribution in [3.05, 3.63) is 29.0 Å². The summed E-state index contributed by atoms with van der Waals surface area (Å²) in [6.45, 7) is 3.45. The smallest absolute Gasteiger partial charge is 0.319 e. The van der Waals surface area contributed by atoms with Crippen LogP contribution in [0, 0.1) is 0 Å². The molecule has 28 heavy (non-hydrogen) atoms. The third kappa shape index (κ3) is 2.97. The number of rotatable bonds is 6. The Morgan fingerprint density at radius 2 is 2.18 bits per heavy atom. The molecule has 0 bridgehead atoms. The number of imide groups is 1. The zero-order chi connectivity index (χ0) is 20.1. The topological polar surface area (TPSA) is 100 Å². The third-order valence-electron chi connectivity index (χ3n) is 5.22. The number of nitrogens with one attached hydrogen (secondary N) is 1. The van der Waals surface area contributed by atoms with Gasteiger partial charge in [0, 0.05) is 37.2 Å². The second-order valence-electron chi connectivity index (χ2n) is 7.22. The highest BCUT2D eigenvalue weighted by molar-refractivity contribution is 7.14. The van der Waals surface area contributed by atoms with E-state index in [0.717, 1.165) is 12.8 Å². The van der Waals surface area contributed by atoms with E-state index in [1.165, 1.54) is 23.2 Å². The summed E-state index contributed by atoms with van der Waals surface area (Å²) in [5.74, 6) is -0.354. The van der Waals surface area contributed by atoms with Crippen LogP contribution in [-0.2, 0) is 28.7 Å². The first-order valence-corrected chi connectivity index (χ1v) is 10.1. The summed E-state index contributed by atoms with van der Waals surface area (Å²) in [4.78, 5) is 45.1. The predicted molar refractivity (Wildman–Crippen MR) is 103 cm³/mol. The van der Waals surface area contributed by atoms with Gasteiger partial charge in [0.1, 0.15) is 5.54 Å². The summed E-state index contributed by atoms with van der Waals surface area (Å²) in [6.07, 6.45) is 5.72. The van der Waals surface area contributed by atoms with Gasteiger partial charge in [0.2, 0.25) is 5.91 Å². The number of hydrogen-bond donors (Lipinski definition) is 1. The Kier molecular flexibility index (Phi) is 4.45. The molecular formula is C18H22N6O3S. The quantitative estimate of drug-likeness (QED) is 0.742. The number of aromatic nitrogens is 3. The van der Waals surface area contributed by atoms with Crippen LogP contribution in [0.2, 0.25) is 0 Å². The van der Waals surface area contributed by atoms with E-state index >= 15 is 0 Å². The Hall–Kier alpha value is -2.75. The largest absolute Gasteiger partial charge is 0.325 e. The molecule has 9 nitrogen and oxygen atoms in total. The minimum absolute atomic E-state index is 0.0417. The fraction of sp³-hybridized carbons (Fsp3) is 0.500. The molecular weight excluding hydrogens is 380 g/mol. The van der Waals surface area contributed by atoms with Crippen LogP contribution < -0.4 is 10.2 Å². The lowest BCUT2D eigenvalue weighted by Gasteiger charge is -2.23. The molecule has 1 aliphatic heterocycles. The van der Waals surface area contributed by atoms with Crippen LogP contribution in [0.5, 0.6) is 0 Å². The second-order valence-corrected chi connectivity index (χ2v) is 8.06. The van der Waals surface area contributed by atoms with Gasteiger partial charge in [-0.05, 0) is 19.3 Å². The summed E-state index contributed by atoms with van der Waals surface area (Å²) in [5, 5.41) is 9.38. The van der Waals surface area contributed by atoms with Crippen LogP contribution in [0.1, 0.15) is 44.4 Å². The minimum atomic E-state index is -1.11. The molecule has 0 spiro atoms. The standard InChI is InChI=1S/C18H22N6O3S/c1-4-18(12-7-19-22(3)8-12)15(26)23(16(27)21-18)9-13-10-28-17(20-13)24(11(2)25)14-5-6-14/h7-8,10,14H,4-6,9H2,1-3H3,(H,21,27). The van der Waals surface area contributed by atoms with E-state index < -0.39 is 11.6 Å². The molecule has 1 saturated heterocycles. The highest BCUT2D eigenvalue weighted by Gasteiger charge is 2.52. The number of carbonyl (C=O) groups excluding carboxylic acids is 3. The van der Waals surface area contributed by atoms with Gasteiger partial charge < -0.3 is 5.32 Å². The third-order valence-corrected chi connectivity index (χ3v) is 6.11. The minimum Gasteiger partial charge on any atom is -0.319 e. The summed E-state index contributed by atoms with van der Waals surface area (Å²) >= 11 is 1.36. The molecule has 4 amide bonds. The highest BCUT2D eigenvalue weighted by Crippen LogP contribution is 2.35. The maximum absolute atomic E-state index is 13.2. The van der Waals surface area contributed by atoms with Crippen molar-refractivity contribution >= 4 is 34.3 Å². The SMILES string of the molecule is CCC1(c2cnn(C)c2)NC(=O)N(Cc2csc(N(C(C)=O)C3CC3)n2)C1=O. The Labute approximate surface area is 166 Å².